The lowest BCUT2D eigenvalue weighted by molar-refractivity contribution is 0.357. The van der Waals surface area contributed by atoms with Crippen molar-refractivity contribution in [3.05, 3.63) is 65.2 Å². The van der Waals surface area contributed by atoms with Crippen LogP contribution in [0, 0.1) is 0 Å². The van der Waals surface area contributed by atoms with Crippen LogP contribution in [0.15, 0.2) is 53.5 Å². The Morgan fingerprint density at radius 2 is 1.92 bits per heavy atom. The lowest BCUT2D eigenvalue weighted by atomic mass is 10.1. The summed E-state index contributed by atoms with van der Waals surface area (Å²) in [4.78, 5) is 6.72. The number of hydrogen-bond donors (Lipinski definition) is 1. The molecular weight excluding hydrogens is 425 g/mol. The summed E-state index contributed by atoms with van der Waals surface area (Å²) in [5.41, 5.74) is 3.89. The van der Waals surface area contributed by atoms with Crippen molar-refractivity contribution in [3.63, 3.8) is 0 Å². The van der Waals surface area contributed by atoms with E-state index in [1.807, 2.05) is 37.2 Å². The van der Waals surface area contributed by atoms with Crippen molar-refractivity contribution in [2.75, 3.05) is 27.2 Å². The maximum absolute atomic E-state index is 5.56. The molecule has 0 saturated heterocycles. The van der Waals surface area contributed by atoms with E-state index < -0.39 is 0 Å². The van der Waals surface area contributed by atoms with Gasteiger partial charge in [0.2, 0.25) is 0 Å². The first-order chi connectivity index (χ1) is 11.7. The minimum Gasteiger partial charge on any atom is -0.493 e. The molecule has 0 amide bonds. The van der Waals surface area contributed by atoms with E-state index in [0.29, 0.717) is 6.54 Å². The van der Waals surface area contributed by atoms with E-state index in [-0.39, 0.29) is 24.0 Å². The molecule has 0 aromatic heterocycles. The van der Waals surface area contributed by atoms with Gasteiger partial charge < -0.3 is 15.0 Å². The van der Waals surface area contributed by atoms with Gasteiger partial charge in [0.05, 0.1) is 13.2 Å². The molecule has 0 bridgehead atoms. The molecule has 0 radical (unpaired) electrons. The Kier molecular flexibility index (Phi) is 7.55. The van der Waals surface area contributed by atoms with Crippen LogP contribution >= 0.6 is 24.0 Å². The van der Waals surface area contributed by atoms with E-state index in [1.165, 1.54) is 16.7 Å². The molecule has 1 heterocycles. The molecule has 0 aliphatic carbocycles. The van der Waals surface area contributed by atoms with Crippen molar-refractivity contribution in [1.82, 2.24) is 10.2 Å². The normalized spacial score (nSPS) is 12.8. The number of nitrogens with zero attached hydrogens (tertiary/aromatic N) is 2. The Morgan fingerprint density at radius 3 is 2.68 bits per heavy atom. The highest BCUT2D eigenvalue weighted by Gasteiger charge is 2.11. The van der Waals surface area contributed by atoms with Crippen molar-refractivity contribution in [2.24, 2.45) is 4.99 Å². The van der Waals surface area contributed by atoms with Gasteiger partial charge in [0, 0.05) is 27.1 Å². The topological polar surface area (TPSA) is 36.9 Å². The van der Waals surface area contributed by atoms with Crippen molar-refractivity contribution in [1.29, 1.82) is 0 Å². The Balaban J connectivity index is 0.00000225. The first-order valence-electron chi connectivity index (χ1n) is 8.46. The van der Waals surface area contributed by atoms with E-state index >= 15 is 0 Å². The predicted octanol–water partition coefficient (Wildman–Crippen LogP) is 3.49. The summed E-state index contributed by atoms with van der Waals surface area (Å²) in [5.74, 6) is 1.97. The monoisotopic (exact) mass is 451 g/mol. The van der Waals surface area contributed by atoms with Crippen LogP contribution < -0.4 is 10.1 Å². The highest BCUT2D eigenvalue weighted by atomic mass is 127. The maximum Gasteiger partial charge on any atom is 0.193 e. The van der Waals surface area contributed by atoms with Crippen molar-refractivity contribution in [3.8, 4) is 5.75 Å². The molecule has 0 fully saturated rings. The predicted molar refractivity (Wildman–Crippen MR) is 114 cm³/mol. The van der Waals surface area contributed by atoms with Crippen LogP contribution in [0.4, 0.5) is 0 Å². The summed E-state index contributed by atoms with van der Waals surface area (Å²) < 4.78 is 5.56. The summed E-state index contributed by atoms with van der Waals surface area (Å²) in [6.45, 7) is 2.37. The standard InChI is InChI=1S/C20H25N3O.HI/c1-23(2)20(22-15-17-6-4-3-5-7-17)21-12-10-16-8-9-19-18(14-16)11-13-24-19;/h3-9,14H,10-13,15H2,1-2H3,(H,21,22);1H. The first kappa shape index (κ1) is 19.6. The molecule has 1 aliphatic heterocycles. The molecule has 4 nitrogen and oxygen atoms in total. The van der Waals surface area contributed by atoms with Crippen molar-refractivity contribution in [2.45, 2.75) is 19.4 Å². The molecule has 1 aliphatic rings. The number of rotatable bonds is 5. The van der Waals surface area contributed by atoms with Crippen LogP contribution in [0.3, 0.4) is 0 Å². The SMILES string of the molecule is CN(C)C(=NCc1ccccc1)NCCc1ccc2c(c1)CCO2.I. The van der Waals surface area contributed by atoms with Crippen molar-refractivity contribution < 1.29 is 4.74 Å². The molecule has 0 atom stereocenters. The van der Waals surface area contributed by atoms with Crippen LogP contribution in [0.25, 0.3) is 0 Å². The number of nitrogens with one attached hydrogen (secondary N) is 1. The summed E-state index contributed by atoms with van der Waals surface area (Å²) in [6, 6.07) is 16.8. The van der Waals surface area contributed by atoms with Gasteiger partial charge in [0.1, 0.15) is 5.75 Å². The lowest BCUT2D eigenvalue weighted by Gasteiger charge is -2.18. The number of fused-ring (bicyclic) bond motifs is 1. The Bertz CT molecular complexity index is 701. The highest BCUT2D eigenvalue weighted by molar-refractivity contribution is 14.0. The molecule has 0 spiro atoms. The van der Waals surface area contributed by atoms with Crippen LogP contribution in [0.5, 0.6) is 5.75 Å². The van der Waals surface area contributed by atoms with Gasteiger partial charge >= 0.3 is 0 Å². The van der Waals surface area contributed by atoms with Gasteiger partial charge in [-0.15, -0.1) is 24.0 Å². The number of hydrogen-bond acceptors (Lipinski definition) is 2. The van der Waals surface area contributed by atoms with E-state index in [9.17, 15) is 0 Å². The van der Waals surface area contributed by atoms with Crippen LogP contribution in [-0.2, 0) is 19.4 Å². The van der Waals surface area contributed by atoms with E-state index in [4.69, 9.17) is 9.73 Å². The highest BCUT2D eigenvalue weighted by Crippen LogP contribution is 2.25. The minimum atomic E-state index is 0. The zero-order chi connectivity index (χ0) is 16.8. The smallest absolute Gasteiger partial charge is 0.193 e. The number of benzene rings is 2. The third-order valence-corrected chi connectivity index (χ3v) is 4.13. The average Bonchev–Trinajstić information content (AvgIpc) is 3.06. The van der Waals surface area contributed by atoms with Gasteiger partial charge in [-0.3, -0.25) is 0 Å². The largest absolute Gasteiger partial charge is 0.493 e. The van der Waals surface area contributed by atoms with Gasteiger partial charge in [-0.1, -0.05) is 42.5 Å². The van der Waals surface area contributed by atoms with Crippen molar-refractivity contribution >= 4 is 29.9 Å². The van der Waals surface area contributed by atoms with Gasteiger partial charge in [0.25, 0.3) is 0 Å². The number of guanidine groups is 1. The Morgan fingerprint density at radius 1 is 1.12 bits per heavy atom. The van der Waals surface area contributed by atoms with Gasteiger partial charge in [0.15, 0.2) is 5.96 Å². The molecule has 0 unspecified atom stereocenters. The summed E-state index contributed by atoms with van der Waals surface area (Å²) in [7, 11) is 4.03. The third-order valence-electron chi connectivity index (χ3n) is 4.13. The molecule has 134 valence electrons. The molecule has 2 aromatic rings. The fourth-order valence-electron chi connectivity index (χ4n) is 2.82. The fraction of sp³-hybridized carbons (Fsp3) is 0.350. The summed E-state index contributed by atoms with van der Waals surface area (Å²) >= 11 is 0. The second-order valence-electron chi connectivity index (χ2n) is 6.24. The molecule has 3 rings (SSSR count). The van der Waals surface area contributed by atoms with E-state index in [0.717, 1.165) is 37.7 Å². The zero-order valence-corrected chi connectivity index (χ0v) is 17.2. The Labute approximate surface area is 167 Å². The quantitative estimate of drug-likeness (QED) is 0.430. The van der Waals surface area contributed by atoms with Crippen LogP contribution in [0.2, 0.25) is 0 Å². The summed E-state index contributed by atoms with van der Waals surface area (Å²) in [5, 5.41) is 3.45. The van der Waals surface area contributed by atoms with Gasteiger partial charge in [-0.25, -0.2) is 4.99 Å². The number of ether oxygens (including phenoxy) is 1. The van der Waals surface area contributed by atoms with E-state index in [2.05, 4.69) is 35.6 Å². The van der Waals surface area contributed by atoms with Gasteiger partial charge in [-0.05, 0) is 29.2 Å². The number of halogens is 1. The minimum absolute atomic E-state index is 0. The molecule has 5 heteroatoms. The maximum atomic E-state index is 5.56. The fourth-order valence-corrected chi connectivity index (χ4v) is 2.82. The molecular formula is C20H26IN3O. The molecule has 0 saturated carbocycles. The zero-order valence-electron chi connectivity index (χ0n) is 14.9. The summed E-state index contributed by atoms with van der Waals surface area (Å²) in [6.07, 6.45) is 2.00. The molecule has 1 N–H and O–H groups in total. The van der Waals surface area contributed by atoms with Crippen LogP contribution in [0.1, 0.15) is 16.7 Å². The van der Waals surface area contributed by atoms with Crippen LogP contribution in [-0.4, -0.2) is 38.1 Å². The Hall–Kier alpha value is -1.76. The number of aliphatic imine (C=N–C) groups is 1. The molecule has 2 aromatic carbocycles. The lowest BCUT2D eigenvalue weighted by Crippen LogP contribution is -2.37. The first-order valence-corrected chi connectivity index (χ1v) is 8.46. The third kappa shape index (κ3) is 5.63. The van der Waals surface area contributed by atoms with E-state index in [1.54, 1.807) is 0 Å². The second kappa shape index (κ2) is 9.65. The average molecular weight is 451 g/mol. The molecule has 25 heavy (non-hydrogen) atoms. The van der Waals surface area contributed by atoms with Gasteiger partial charge in [-0.2, -0.15) is 0 Å². The second-order valence-corrected chi connectivity index (χ2v) is 6.24.